The first-order valence-corrected chi connectivity index (χ1v) is 8.02. The molecule has 0 aromatic heterocycles. The fourth-order valence-corrected chi connectivity index (χ4v) is 2.54. The van der Waals surface area contributed by atoms with Gasteiger partial charge in [-0.05, 0) is 30.0 Å². The van der Waals surface area contributed by atoms with E-state index in [0.29, 0.717) is 0 Å². The lowest BCUT2D eigenvalue weighted by Crippen LogP contribution is -2.14. The standard InChI is InChI=1S/C15H14BrNO2S/c1-20-14-8-7-12(16)9-13(14)17-15(18)19-10-11-5-3-2-4-6-11/h2-9H,10H2,1H3,(H,17,18). The van der Waals surface area contributed by atoms with Crippen LogP contribution >= 0.6 is 27.7 Å². The van der Waals surface area contributed by atoms with Crippen LogP contribution in [0.3, 0.4) is 0 Å². The fraction of sp³-hybridized carbons (Fsp3) is 0.133. The Labute approximate surface area is 130 Å². The highest BCUT2D eigenvalue weighted by Gasteiger charge is 2.08. The molecule has 5 heteroatoms. The summed E-state index contributed by atoms with van der Waals surface area (Å²) < 4.78 is 6.11. The van der Waals surface area contributed by atoms with E-state index in [1.54, 1.807) is 11.8 Å². The lowest BCUT2D eigenvalue weighted by Gasteiger charge is -2.10. The predicted molar refractivity (Wildman–Crippen MR) is 86.2 cm³/mol. The average molecular weight is 352 g/mol. The summed E-state index contributed by atoms with van der Waals surface area (Å²) in [6.45, 7) is 0.259. The van der Waals surface area contributed by atoms with Crippen molar-refractivity contribution >= 4 is 39.5 Å². The molecule has 0 saturated carbocycles. The first-order chi connectivity index (χ1) is 9.69. The maximum Gasteiger partial charge on any atom is 0.411 e. The van der Waals surface area contributed by atoms with E-state index in [2.05, 4.69) is 21.2 Å². The van der Waals surface area contributed by atoms with Crippen molar-refractivity contribution in [1.29, 1.82) is 0 Å². The molecule has 0 unspecified atom stereocenters. The second-order valence-corrected chi connectivity index (χ2v) is 5.80. The van der Waals surface area contributed by atoms with Gasteiger partial charge >= 0.3 is 6.09 Å². The zero-order valence-electron chi connectivity index (χ0n) is 10.9. The number of hydrogen-bond acceptors (Lipinski definition) is 3. The summed E-state index contributed by atoms with van der Waals surface area (Å²) >= 11 is 4.96. The van der Waals surface area contributed by atoms with E-state index in [4.69, 9.17) is 4.74 Å². The molecule has 104 valence electrons. The van der Waals surface area contributed by atoms with Crippen molar-refractivity contribution in [1.82, 2.24) is 0 Å². The summed E-state index contributed by atoms with van der Waals surface area (Å²) in [7, 11) is 0. The Kier molecular flexibility index (Phi) is 5.49. The van der Waals surface area contributed by atoms with Gasteiger partial charge in [0, 0.05) is 9.37 Å². The molecule has 20 heavy (non-hydrogen) atoms. The van der Waals surface area contributed by atoms with Gasteiger partial charge in [0.2, 0.25) is 0 Å². The SMILES string of the molecule is CSc1ccc(Br)cc1NC(=O)OCc1ccccc1. The van der Waals surface area contributed by atoms with Crippen LogP contribution in [0, 0.1) is 0 Å². The first-order valence-electron chi connectivity index (χ1n) is 6.00. The number of rotatable bonds is 4. The van der Waals surface area contributed by atoms with E-state index >= 15 is 0 Å². The third-order valence-corrected chi connectivity index (χ3v) is 3.90. The van der Waals surface area contributed by atoms with E-state index < -0.39 is 6.09 Å². The summed E-state index contributed by atoms with van der Waals surface area (Å²) in [6, 6.07) is 15.3. The van der Waals surface area contributed by atoms with Gasteiger partial charge in [0.15, 0.2) is 0 Å². The van der Waals surface area contributed by atoms with Crippen molar-refractivity contribution in [2.45, 2.75) is 11.5 Å². The van der Waals surface area contributed by atoms with E-state index in [1.165, 1.54) is 0 Å². The van der Waals surface area contributed by atoms with E-state index in [0.717, 1.165) is 20.6 Å². The van der Waals surface area contributed by atoms with Gasteiger partial charge in [-0.1, -0.05) is 46.3 Å². The quantitative estimate of drug-likeness (QED) is 0.794. The predicted octanol–water partition coefficient (Wildman–Crippen LogP) is 4.92. The van der Waals surface area contributed by atoms with Crippen LogP contribution in [0.25, 0.3) is 0 Å². The fourth-order valence-electron chi connectivity index (χ4n) is 1.65. The first kappa shape index (κ1) is 14.9. The Morgan fingerprint density at radius 3 is 2.70 bits per heavy atom. The number of amides is 1. The van der Waals surface area contributed by atoms with Crippen LogP contribution in [0.2, 0.25) is 0 Å². The van der Waals surface area contributed by atoms with E-state index in [-0.39, 0.29) is 6.61 Å². The zero-order valence-corrected chi connectivity index (χ0v) is 13.3. The van der Waals surface area contributed by atoms with Gasteiger partial charge in [-0.25, -0.2) is 4.79 Å². The minimum atomic E-state index is -0.456. The number of carbonyl (C=O) groups excluding carboxylic acids is 1. The molecule has 0 spiro atoms. The summed E-state index contributed by atoms with van der Waals surface area (Å²) in [5.41, 5.74) is 1.70. The molecule has 0 aliphatic rings. The highest BCUT2D eigenvalue weighted by Crippen LogP contribution is 2.28. The number of carbonyl (C=O) groups is 1. The molecule has 0 radical (unpaired) electrons. The number of thioether (sulfide) groups is 1. The van der Waals surface area contributed by atoms with E-state index in [9.17, 15) is 4.79 Å². The topological polar surface area (TPSA) is 38.3 Å². The number of anilines is 1. The van der Waals surface area contributed by atoms with Crippen molar-refractivity contribution in [3.8, 4) is 0 Å². The second-order valence-electron chi connectivity index (χ2n) is 4.03. The molecule has 2 aromatic carbocycles. The van der Waals surface area contributed by atoms with Crippen LogP contribution in [0.4, 0.5) is 10.5 Å². The van der Waals surface area contributed by atoms with Crippen molar-refractivity contribution < 1.29 is 9.53 Å². The molecule has 0 atom stereocenters. The second kappa shape index (κ2) is 7.36. The van der Waals surface area contributed by atoms with Crippen molar-refractivity contribution in [2.24, 2.45) is 0 Å². The third kappa shape index (κ3) is 4.28. The lowest BCUT2D eigenvalue weighted by molar-refractivity contribution is 0.155. The zero-order chi connectivity index (χ0) is 14.4. The van der Waals surface area contributed by atoms with Gasteiger partial charge in [0.25, 0.3) is 0 Å². The number of nitrogens with one attached hydrogen (secondary N) is 1. The maximum atomic E-state index is 11.8. The van der Waals surface area contributed by atoms with Crippen LogP contribution < -0.4 is 5.32 Å². The molecule has 0 saturated heterocycles. The summed E-state index contributed by atoms with van der Waals surface area (Å²) in [4.78, 5) is 12.8. The molecule has 2 rings (SSSR count). The Morgan fingerprint density at radius 1 is 1.25 bits per heavy atom. The molecule has 0 aliphatic heterocycles. The Bertz CT molecular complexity index is 590. The Hall–Kier alpha value is -1.46. The third-order valence-electron chi connectivity index (χ3n) is 2.61. The molecule has 0 fully saturated rings. The van der Waals surface area contributed by atoms with Gasteiger partial charge in [-0.15, -0.1) is 11.8 Å². The Balaban J connectivity index is 1.96. The summed E-state index contributed by atoms with van der Waals surface area (Å²) in [5, 5.41) is 2.76. The number of hydrogen-bond donors (Lipinski definition) is 1. The average Bonchev–Trinajstić information content (AvgIpc) is 2.46. The van der Waals surface area contributed by atoms with Crippen molar-refractivity contribution in [3.05, 3.63) is 58.6 Å². The van der Waals surface area contributed by atoms with E-state index in [1.807, 2.05) is 54.8 Å². The minimum absolute atomic E-state index is 0.259. The molecule has 0 heterocycles. The highest BCUT2D eigenvalue weighted by molar-refractivity contribution is 9.10. The van der Waals surface area contributed by atoms with Crippen molar-refractivity contribution in [2.75, 3.05) is 11.6 Å². The van der Waals surface area contributed by atoms with Gasteiger partial charge in [0.05, 0.1) is 5.69 Å². The van der Waals surface area contributed by atoms with Crippen LogP contribution in [0.15, 0.2) is 57.9 Å². The number of halogens is 1. The monoisotopic (exact) mass is 351 g/mol. The molecule has 2 aromatic rings. The van der Waals surface area contributed by atoms with Crippen LogP contribution in [-0.2, 0) is 11.3 Å². The molecule has 0 aliphatic carbocycles. The largest absolute Gasteiger partial charge is 0.444 e. The van der Waals surface area contributed by atoms with Crippen LogP contribution in [0.1, 0.15) is 5.56 Å². The Morgan fingerprint density at radius 2 is 2.00 bits per heavy atom. The molecular weight excluding hydrogens is 338 g/mol. The molecular formula is C15H14BrNO2S. The minimum Gasteiger partial charge on any atom is -0.444 e. The van der Waals surface area contributed by atoms with Gasteiger partial charge < -0.3 is 4.74 Å². The highest BCUT2D eigenvalue weighted by atomic mass is 79.9. The summed E-state index contributed by atoms with van der Waals surface area (Å²) in [5.74, 6) is 0. The van der Waals surface area contributed by atoms with Crippen LogP contribution in [-0.4, -0.2) is 12.3 Å². The normalized spacial score (nSPS) is 10.1. The van der Waals surface area contributed by atoms with Gasteiger partial charge in [-0.2, -0.15) is 0 Å². The lowest BCUT2D eigenvalue weighted by atomic mass is 10.2. The van der Waals surface area contributed by atoms with Crippen LogP contribution in [0.5, 0.6) is 0 Å². The number of benzene rings is 2. The maximum absolute atomic E-state index is 11.8. The number of ether oxygens (including phenoxy) is 1. The van der Waals surface area contributed by atoms with Gasteiger partial charge in [-0.3, -0.25) is 5.32 Å². The molecule has 1 N–H and O–H groups in total. The molecule has 3 nitrogen and oxygen atoms in total. The summed E-state index contributed by atoms with van der Waals surface area (Å²) in [6.07, 6.45) is 1.51. The van der Waals surface area contributed by atoms with Crippen molar-refractivity contribution in [3.63, 3.8) is 0 Å². The smallest absolute Gasteiger partial charge is 0.411 e. The molecule has 1 amide bonds. The molecule has 0 bridgehead atoms. The van der Waals surface area contributed by atoms with Gasteiger partial charge in [0.1, 0.15) is 6.61 Å².